The van der Waals surface area contributed by atoms with Gasteiger partial charge < -0.3 is 15.2 Å². The highest BCUT2D eigenvalue weighted by Gasteiger charge is 2.17. The zero-order chi connectivity index (χ0) is 12.1. The van der Waals surface area contributed by atoms with Crippen LogP contribution in [0.5, 0.6) is 11.5 Å². The molecule has 2 N–H and O–H groups in total. The highest BCUT2D eigenvalue weighted by atomic mass is 19.3. The van der Waals surface area contributed by atoms with Gasteiger partial charge in [0.15, 0.2) is 0 Å². The first kappa shape index (κ1) is 12.7. The molecule has 0 radical (unpaired) electrons. The molecule has 5 heteroatoms. The third-order valence-electron chi connectivity index (χ3n) is 2.27. The lowest BCUT2D eigenvalue weighted by Gasteiger charge is -2.16. The highest BCUT2D eigenvalue weighted by molar-refractivity contribution is 5.42. The van der Waals surface area contributed by atoms with E-state index >= 15 is 0 Å². The van der Waals surface area contributed by atoms with Crippen molar-refractivity contribution < 1.29 is 18.3 Å². The van der Waals surface area contributed by atoms with Gasteiger partial charge >= 0.3 is 0 Å². The van der Waals surface area contributed by atoms with E-state index in [0.717, 1.165) is 0 Å². The van der Waals surface area contributed by atoms with Crippen molar-refractivity contribution in [3.05, 3.63) is 23.8 Å². The number of halogens is 2. The van der Waals surface area contributed by atoms with Crippen LogP contribution in [0.4, 0.5) is 8.78 Å². The van der Waals surface area contributed by atoms with Crippen LogP contribution in [0.2, 0.25) is 0 Å². The van der Waals surface area contributed by atoms with E-state index in [1.54, 1.807) is 18.2 Å². The zero-order valence-corrected chi connectivity index (χ0v) is 9.24. The Hall–Kier alpha value is -1.36. The second-order valence-electron chi connectivity index (χ2n) is 3.34. The Morgan fingerprint density at radius 1 is 1.25 bits per heavy atom. The Kier molecular flexibility index (Phi) is 4.49. The molecule has 1 aromatic rings. The summed E-state index contributed by atoms with van der Waals surface area (Å²) in [5.74, 6) is 1.06. The molecular formula is C11H15F2NO2. The Bertz CT molecular complexity index is 345. The third-order valence-corrected chi connectivity index (χ3v) is 2.27. The number of methoxy groups -OCH3 is 2. The highest BCUT2D eigenvalue weighted by Crippen LogP contribution is 2.30. The first-order chi connectivity index (χ1) is 7.58. The molecule has 0 aliphatic rings. The molecule has 1 rings (SSSR count). The monoisotopic (exact) mass is 231 g/mol. The molecule has 0 bridgehead atoms. The van der Waals surface area contributed by atoms with Crippen LogP contribution in [0.1, 0.15) is 18.0 Å². The van der Waals surface area contributed by atoms with E-state index in [2.05, 4.69) is 0 Å². The minimum Gasteiger partial charge on any atom is -0.497 e. The number of nitrogens with two attached hydrogens (primary N) is 1. The maximum Gasteiger partial charge on any atom is 0.240 e. The number of hydrogen-bond donors (Lipinski definition) is 1. The number of rotatable bonds is 5. The Morgan fingerprint density at radius 3 is 2.44 bits per heavy atom. The lowest BCUT2D eigenvalue weighted by Crippen LogP contribution is -2.15. The van der Waals surface area contributed by atoms with Crippen LogP contribution in [-0.4, -0.2) is 20.6 Å². The lowest BCUT2D eigenvalue weighted by atomic mass is 10.0. The van der Waals surface area contributed by atoms with Crippen LogP contribution in [0.15, 0.2) is 18.2 Å². The maximum absolute atomic E-state index is 12.2. The summed E-state index contributed by atoms with van der Waals surface area (Å²) in [6.07, 6.45) is -2.84. The van der Waals surface area contributed by atoms with Crippen LogP contribution in [0.3, 0.4) is 0 Å². The van der Waals surface area contributed by atoms with Gasteiger partial charge in [-0.1, -0.05) is 0 Å². The fraction of sp³-hybridized carbons (Fsp3) is 0.455. The fourth-order valence-electron chi connectivity index (χ4n) is 1.45. The Morgan fingerprint density at radius 2 is 1.94 bits per heavy atom. The van der Waals surface area contributed by atoms with E-state index in [-0.39, 0.29) is 0 Å². The van der Waals surface area contributed by atoms with Crippen LogP contribution in [0.25, 0.3) is 0 Å². The molecule has 0 amide bonds. The van der Waals surface area contributed by atoms with E-state index in [0.29, 0.717) is 17.1 Å². The molecular weight excluding hydrogens is 216 g/mol. The van der Waals surface area contributed by atoms with Crippen LogP contribution >= 0.6 is 0 Å². The van der Waals surface area contributed by atoms with Crippen molar-refractivity contribution in [1.29, 1.82) is 0 Å². The van der Waals surface area contributed by atoms with E-state index in [1.165, 1.54) is 14.2 Å². The van der Waals surface area contributed by atoms with Gasteiger partial charge in [0.1, 0.15) is 11.5 Å². The summed E-state index contributed by atoms with van der Waals surface area (Å²) < 4.78 is 34.6. The first-order valence-electron chi connectivity index (χ1n) is 4.84. The maximum atomic E-state index is 12.2. The predicted molar refractivity (Wildman–Crippen MR) is 57.1 cm³/mol. The molecule has 0 unspecified atom stereocenters. The van der Waals surface area contributed by atoms with Gasteiger partial charge in [-0.05, 0) is 18.2 Å². The van der Waals surface area contributed by atoms with Gasteiger partial charge in [0, 0.05) is 18.0 Å². The van der Waals surface area contributed by atoms with Crippen molar-refractivity contribution >= 4 is 0 Å². The van der Waals surface area contributed by atoms with E-state index < -0.39 is 18.9 Å². The zero-order valence-electron chi connectivity index (χ0n) is 9.24. The van der Waals surface area contributed by atoms with Crippen molar-refractivity contribution in [1.82, 2.24) is 0 Å². The number of benzene rings is 1. The van der Waals surface area contributed by atoms with Crippen molar-refractivity contribution in [3.8, 4) is 11.5 Å². The van der Waals surface area contributed by atoms with Gasteiger partial charge in [0.25, 0.3) is 0 Å². The van der Waals surface area contributed by atoms with Crippen LogP contribution < -0.4 is 15.2 Å². The molecule has 0 aromatic heterocycles. The molecule has 90 valence electrons. The predicted octanol–water partition coefficient (Wildman–Crippen LogP) is 2.36. The smallest absolute Gasteiger partial charge is 0.240 e. The average molecular weight is 231 g/mol. The second-order valence-corrected chi connectivity index (χ2v) is 3.34. The third kappa shape index (κ3) is 3.06. The summed E-state index contributed by atoms with van der Waals surface area (Å²) in [5.41, 5.74) is 6.21. The molecule has 3 nitrogen and oxygen atoms in total. The Balaban J connectivity index is 2.98. The van der Waals surface area contributed by atoms with E-state index in [4.69, 9.17) is 15.2 Å². The van der Waals surface area contributed by atoms with Crippen molar-refractivity contribution in [2.75, 3.05) is 14.2 Å². The summed E-state index contributed by atoms with van der Waals surface area (Å²) in [7, 11) is 2.98. The van der Waals surface area contributed by atoms with E-state index in [1.807, 2.05) is 0 Å². The van der Waals surface area contributed by atoms with Crippen molar-refractivity contribution in [2.24, 2.45) is 5.73 Å². The summed E-state index contributed by atoms with van der Waals surface area (Å²) in [5, 5.41) is 0. The molecule has 0 saturated heterocycles. The van der Waals surface area contributed by atoms with E-state index in [9.17, 15) is 8.78 Å². The summed E-state index contributed by atoms with van der Waals surface area (Å²) in [4.78, 5) is 0. The topological polar surface area (TPSA) is 44.5 Å². The number of hydrogen-bond acceptors (Lipinski definition) is 3. The molecule has 0 aliphatic carbocycles. The molecule has 16 heavy (non-hydrogen) atoms. The van der Waals surface area contributed by atoms with Gasteiger partial charge in [-0.3, -0.25) is 0 Å². The molecule has 0 saturated carbocycles. The average Bonchev–Trinajstić information content (AvgIpc) is 2.27. The number of alkyl halides is 2. The molecule has 1 atom stereocenters. The van der Waals surface area contributed by atoms with Crippen LogP contribution in [-0.2, 0) is 0 Å². The SMILES string of the molecule is COc1ccc(OC)c([C@H](N)CC(F)F)c1. The normalized spacial score (nSPS) is 12.6. The Labute approximate surface area is 93.2 Å². The van der Waals surface area contributed by atoms with Crippen molar-refractivity contribution in [2.45, 2.75) is 18.9 Å². The fourth-order valence-corrected chi connectivity index (χ4v) is 1.45. The summed E-state index contributed by atoms with van der Waals surface area (Å²) in [6, 6.07) is 4.20. The number of ether oxygens (including phenoxy) is 2. The van der Waals surface area contributed by atoms with Crippen LogP contribution in [0, 0.1) is 0 Å². The van der Waals surface area contributed by atoms with Gasteiger partial charge in [-0.2, -0.15) is 0 Å². The van der Waals surface area contributed by atoms with Gasteiger partial charge in [0.2, 0.25) is 6.43 Å². The minimum absolute atomic E-state index is 0.399. The molecule has 0 heterocycles. The standard InChI is InChI=1S/C11H15F2NO2/c1-15-7-3-4-10(16-2)8(5-7)9(14)6-11(12)13/h3-5,9,11H,6,14H2,1-2H3/t9-/m1/s1. The lowest BCUT2D eigenvalue weighted by molar-refractivity contribution is 0.128. The molecule has 0 fully saturated rings. The van der Waals surface area contributed by atoms with Gasteiger partial charge in [-0.15, -0.1) is 0 Å². The van der Waals surface area contributed by atoms with Gasteiger partial charge in [-0.25, -0.2) is 8.78 Å². The minimum atomic E-state index is -2.44. The largest absolute Gasteiger partial charge is 0.497 e. The molecule has 0 spiro atoms. The van der Waals surface area contributed by atoms with Crippen molar-refractivity contribution in [3.63, 3.8) is 0 Å². The van der Waals surface area contributed by atoms with Gasteiger partial charge in [0.05, 0.1) is 14.2 Å². The second kappa shape index (κ2) is 5.65. The molecule has 1 aromatic carbocycles. The molecule has 0 aliphatic heterocycles. The summed E-state index contributed by atoms with van der Waals surface area (Å²) >= 11 is 0. The quantitative estimate of drug-likeness (QED) is 0.846. The summed E-state index contributed by atoms with van der Waals surface area (Å²) in [6.45, 7) is 0. The first-order valence-corrected chi connectivity index (χ1v) is 4.84.